The van der Waals surface area contributed by atoms with E-state index in [0.717, 1.165) is 41.6 Å². The van der Waals surface area contributed by atoms with Crippen LogP contribution in [0.2, 0.25) is 0 Å². The molecular weight excluding hydrogens is 438 g/mol. The third-order valence-corrected chi connectivity index (χ3v) is 7.45. The van der Waals surface area contributed by atoms with E-state index >= 15 is 0 Å². The van der Waals surface area contributed by atoms with E-state index in [-0.39, 0.29) is 23.3 Å². The zero-order chi connectivity index (χ0) is 24.0. The van der Waals surface area contributed by atoms with Gasteiger partial charge in [-0.2, -0.15) is 0 Å². The first kappa shape index (κ1) is 23.6. The highest BCUT2D eigenvalue weighted by Crippen LogP contribution is 2.47. The van der Waals surface area contributed by atoms with Crippen molar-refractivity contribution in [2.45, 2.75) is 43.9 Å². The van der Waals surface area contributed by atoms with E-state index in [9.17, 15) is 10.2 Å². The van der Waals surface area contributed by atoms with Crippen LogP contribution in [0.25, 0.3) is 0 Å². The van der Waals surface area contributed by atoms with Crippen molar-refractivity contribution in [1.29, 1.82) is 0 Å². The summed E-state index contributed by atoms with van der Waals surface area (Å²) in [6.45, 7) is 3.58. The molecule has 0 aliphatic carbocycles. The minimum absolute atomic E-state index is 0.0722. The molecule has 2 atom stereocenters. The van der Waals surface area contributed by atoms with E-state index in [4.69, 9.17) is 9.47 Å². The largest absolute Gasteiger partial charge is 0.508 e. The molecule has 0 aromatic heterocycles. The number of ether oxygens (including phenoxy) is 2. The number of benzene rings is 3. The molecule has 5 rings (SSSR count). The first-order valence-electron chi connectivity index (χ1n) is 12.9. The van der Waals surface area contributed by atoms with Gasteiger partial charge >= 0.3 is 0 Å². The standard InChI is InChI=1S/C30H35NO4/c32-24-8-4-22(5-9-24)28-20-35-29-19-25(33)10-13-27(29)30(28)23-6-11-26(12-7-23)34-18-2-1-3-21-14-16-31-17-15-21/h4-13,19,21,28,30-33H,1-3,14-18,20H2. The first-order valence-corrected chi connectivity index (χ1v) is 12.9. The lowest BCUT2D eigenvalue weighted by atomic mass is 9.76. The number of hydrogen-bond donors (Lipinski definition) is 3. The second kappa shape index (κ2) is 11.0. The molecule has 1 saturated heterocycles. The lowest BCUT2D eigenvalue weighted by Gasteiger charge is -2.34. The van der Waals surface area contributed by atoms with Crippen LogP contribution in [-0.2, 0) is 0 Å². The van der Waals surface area contributed by atoms with Crippen molar-refractivity contribution in [3.8, 4) is 23.0 Å². The topological polar surface area (TPSA) is 71.0 Å². The van der Waals surface area contributed by atoms with Crippen molar-refractivity contribution < 1.29 is 19.7 Å². The highest BCUT2D eigenvalue weighted by Gasteiger charge is 2.33. The number of fused-ring (bicyclic) bond motifs is 1. The monoisotopic (exact) mass is 473 g/mol. The lowest BCUT2D eigenvalue weighted by molar-refractivity contribution is 0.247. The Kier molecular flexibility index (Phi) is 7.43. The maximum atomic E-state index is 9.96. The smallest absolute Gasteiger partial charge is 0.126 e. The summed E-state index contributed by atoms with van der Waals surface area (Å²) in [6.07, 6.45) is 6.24. The van der Waals surface area contributed by atoms with Gasteiger partial charge < -0.3 is 25.0 Å². The van der Waals surface area contributed by atoms with Gasteiger partial charge in [0.15, 0.2) is 0 Å². The fourth-order valence-electron chi connectivity index (χ4n) is 5.49. The molecule has 0 bridgehead atoms. The zero-order valence-corrected chi connectivity index (χ0v) is 20.2. The number of aromatic hydroxyl groups is 2. The summed E-state index contributed by atoms with van der Waals surface area (Å²) in [4.78, 5) is 0. The number of piperidine rings is 1. The van der Waals surface area contributed by atoms with Crippen LogP contribution in [0.3, 0.4) is 0 Å². The van der Waals surface area contributed by atoms with Crippen LogP contribution in [0, 0.1) is 5.92 Å². The second-order valence-corrected chi connectivity index (χ2v) is 9.82. The molecule has 2 heterocycles. The van der Waals surface area contributed by atoms with Crippen molar-refractivity contribution in [1.82, 2.24) is 5.32 Å². The Morgan fingerprint density at radius 3 is 2.31 bits per heavy atom. The molecule has 0 spiro atoms. The molecule has 1 fully saturated rings. The molecule has 35 heavy (non-hydrogen) atoms. The predicted octanol–water partition coefficient (Wildman–Crippen LogP) is 5.95. The van der Waals surface area contributed by atoms with Gasteiger partial charge in [-0.05, 0) is 86.1 Å². The average molecular weight is 474 g/mol. The van der Waals surface area contributed by atoms with Crippen LogP contribution in [0.1, 0.15) is 60.6 Å². The highest BCUT2D eigenvalue weighted by atomic mass is 16.5. The normalized spacial score (nSPS) is 20.1. The molecular formula is C30H35NO4. The van der Waals surface area contributed by atoms with Gasteiger partial charge in [0.2, 0.25) is 0 Å². The van der Waals surface area contributed by atoms with Gasteiger partial charge in [-0.1, -0.05) is 36.8 Å². The van der Waals surface area contributed by atoms with Crippen LogP contribution < -0.4 is 14.8 Å². The Labute approximate surface area is 207 Å². The molecule has 5 nitrogen and oxygen atoms in total. The number of hydrogen-bond acceptors (Lipinski definition) is 5. The van der Waals surface area contributed by atoms with Crippen molar-refractivity contribution in [3.05, 3.63) is 83.4 Å². The maximum absolute atomic E-state index is 9.96. The molecule has 0 saturated carbocycles. The summed E-state index contributed by atoms with van der Waals surface area (Å²) < 4.78 is 12.1. The molecule has 184 valence electrons. The van der Waals surface area contributed by atoms with E-state index in [0.29, 0.717) is 6.61 Å². The summed E-state index contributed by atoms with van der Waals surface area (Å²) in [7, 11) is 0. The number of rotatable bonds is 8. The number of unbranched alkanes of at least 4 members (excludes halogenated alkanes) is 1. The molecule has 0 amide bonds. The van der Waals surface area contributed by atoms with Gasteiger partial charge in [-0.15, -0.1) is 0 Å². The Bertz CT molecular complexity index is 1090. The molecule has 3 aromatic carbocycles. The maximum Gasteiger partial charge on any atom is 0.126 e. The van der Waals surface area contributed by atoms with E-state index in [1.807, 2.05) is 18.2 Å². The SMILES string of the molecule is Oc1ccc(C2COc3cc(O)ccc3C2c2ccc(OCCCCC3CCNCC3)cc2)cc1. The van der Waals surface area contributed by atoms with Gasteiger partial charge in [-0.25, -0.2) is 0 Å². The van der Waals surface area contributed by atoms with E-state index in [1.54, 1.807) is 24.3 Å². The van der Waals surface area contributed by atoms with E-state index in [1.165, 1.54) is 44.3 Å². The third-order valence-electron chi connectivity index (χ3n) is 7.45. The number of phenolic OH excluding ortho intramolecular Hbond substituents is 2. The van der Waals surface area contributed by atoms with Gasteiger partial charge in [0.1, 0.15) is 23.0 Å². The van der Waals surface area contributed by atoms with Crippen molar-refractivity contribution >= 4 is 0 Å². The van der Waals surface area contributed by atoms with Gasteiger partial charge in [0.25, 0.3) is 0 Å². The quantitative estimate of drug-likeness (QED) is 0.353. The number of phenols is 2. The molecule has 3 aromatic rings. The van der Waals surface area contributed by atoms with Crippen LogP contribution in [0.4, 0.5) is 0 Å². The summed E-state index contributed by atoms with van der Waals surface area (Å²) in [5.74, 6) is 3.12. The van der Waals surface area contributed by atoms with Gasteiger partial charge in [0, 0.05) is 23.5 Å². The molecule has 2 unspecified atom stereocenters. The molecule has 2 aliphatic rings. The van der Waals surface area contributed by atoms with Gasteiger partial charge in [-0.3, -0.25) is 0 Å². The highest BCUT2D eigenvalue weighted by molar-refractivity contribution is 5.51. The summed E-state index contributed by atoms with van der Waals surface area (Å²) >= 11 is 0. The number of nitrogens with one attached hydrogen (secondary N) is 1. The Balaban J connectivity index is 1.27. The Morgan fingerprint density at radius 1 is 0.829 bits per heavy atom. The van der Waals surface area contributed by atoms with Gasteiger partial charge in [0.05, 0.1) is 13.2 Å². The lowest BCUT2D eigenvalue weighted by Crippen LogP contribution is -2.27. The van der Waals surface area contributed by atoms with Crippen LogP contribution in [0.5, 0.6) is 23.0 Å². The third kappa shape index (κ3) is 5.73. The predicted molar refractivity (Wildman–Crippen MR) is 138 cm³/mol. The summed E-state index contributed by atoms with van der Waals surface area (Å²) in [5.41, 5.74) is 3.34. The average Bonchev–Trinajstić information content (AvgIpc) is 2.89. The first-order chi connectivity index (χ1) is 17.2. The van der Waals surface area contributed by atoms with E-state index < -0.39 is 0 Å². The summed E-state index contributed by atoms with van der Waals surface area (Å²) in [5, 5.41) is 23.1. The van der Waals surface area contributed by atoms with Crippen LogP contribution in [-0.4, -0.2) is 36.5 Å². The minimum Gasteiger partial charge on any atom is -0.508 e. The van der Waals surface area contributed by atoms with Crippen LogP contribution >= 0.6 is 0 Å². The second-order valence-electron chi connectivity index (χ2n) is 9.82. The van der Waals surface area contributed by atoms with E-state index in [2.05, 4.69) is 29.6 Å². The molecule has 2 aliphatic heterocycles. The summed E-state index contributed by atoms with van der Waals surface area (Å²) in [6, 6.07) is 21.1. The minimum atomic E-state index is 0.0722. The zero-order valence-electron chi connectivity index (χ0n) is 20.2. The van der Waals surface area contributed by atoms with Crippen molar-refractivity contribution in [3.63, 3.8) is 0 Å². The molecule has 5 heteroatoms. The van der Waals surface area contributed by atoms with Crippen LogP contribution in [0.15, 0.2) is 66.7 Å². The van der Waals surface area contributed by atoms with Crippen molar-refractivity contribution in [2.24, 2.45) is 5.92 Å². The fourth-order valence-corrected chi connectivity index (χ4v) is 5.49. The Hall–Kier alpha value is -3.18. The molecule has 3 N–H and O–H groups in total. The van der Waals surface area contributed by atoms with Crippen molar-refractivity contribution in [2.75, 3.05) is 26.3 Å². The Morgan fingerprint density at radius 2 is 1.54 bits per heavy atom. The molecule has 0 radical (unpaired) electrons. The fraction of sp³-hybridized carbons (Fsp3) is 0.400.